The Morgan fingerprint density at radius 2 is 1.77 bits per heavy atom. The maximum atomic E-state index is 11.2. The third-order valence-electron chi connectivity index (χ3n) is 4.54. The Labute approximate surface area is 171 Å². The minimum Gasteiger partial charge on any atom is -0.412 e. The van der Waals surface area contributed by atoms with Gasteiger partial charge in [-0.1, -0.05) is 48.5 Å². The fraction of sp³-hybridized carbons (Fsp3) is 0.400. The highest BCUT2D eigenvalue weighted by Gasteiger charge is 2.31. The molecule has 1 unspecified atom stereocenters. The van der Waals surface area contributed by atoms with Crippen LogP contribution in [0.15, 0.2) is 52.3 Å². The highest BCUT2D eigenvalue weighted by Crippen LogP contribution is 2.48. The van der Waals surface area contributed by atoms with Crippen LogP contribution in [-0.2, 0) is 0 Å². The summed E-state index contributed by atoms with van der Waals surface area (Å²) >= 11 is 7.93. The molecule has 0 spiro atoms. The van der Waals surface area contributed by atoms with E-state index in [2.05, 4.69) is 50.2 Å². The van der Waals surface area contributed by atoms with E-state index in [1.165, 1.54) is 10.5 Å². The second kappa shape index (κ2) is 9.98. The molecule has 0 aromatic heterocycles. The first-order chi connectivity index (χ1) is 11.5. The molecule has 3 atom stereocenters. The molecule has 26 heavy (non-hydrogen) atoms. The predicted octanol–water partition coefficient (Wildman–Crippen LogP) is 4.81. The number of halogens is 2. The molecule has 0 saturated heterocycles. The maximum absolute atomic E-state index is 11.2. The monoisotopic (exact) mass is 415 g/mol. The molecule has 1 heterocycles. The summed E-state index contributed by atoms with van der Waals surface area (Å²) in [5.41, 5.74) is 2.19. The van der Waals surface area contributed by atoms with Gasteiger partial charge in [-0.3, -0.25) is 0 Å². The van der Waals surface area contributed by atoms with Crippen molar-refractivity contribution in [2.45, 2.75) is 35.2 Å². The van der Waals surface area contributed by atoms with Crippen molar-refractivity contribution in [1.82, 2.24) is 4.90 Å². The Kier molecular flexibility index (Phi) is 8.94. The summed E-state index contributed by atoms with van der Waals surface area (Å²) in [5.74, 6) is 0.585. The summed E-state index contributed by atoms with van der Waals surface area (Å²) in [4.78, 5) is 4.54. The highest BCUT2D eigenvalue weighted by atomic mass is 35.5. The molecule has 0 aliphatic carbocycles. The van der Waals surface area contributed by atoms with Crippen LogP contribution in [0.2, 0.25) is 5.02 Å². The van der Waals surface area contributed by atoms with Gasteiger partial charge in [-0.2, -0.15) is 0 Å². The number of aliphatic hydroxyl groups excluding tert-OH is 1. The molecular weight excluding hydrogens is 389 g/mol. The van der Waals surface area contributed by atoms with Gasteiger partial charge in [-0.15, -0.1) is 12.4 Å². The van der Waals surface area contributed by atoms with Crippen molar-refractivity contribution >= 4 is 35.8 Å². The Balaban J connectivity index is 0.00000169. The summed E-state index contributed by atoms with van der Waals surface area (Å²) in [6.07, 6.45) is 0.419. The van der Waals surface area contributed by atoms with E-state index < -0.39 is 6.10 Å². The lowest BCUT2D eigenvalue weighted by molar-refractivity contribution is 0.126. The zero-order chi connectivity index (χ0) is 17.3. The first-order valence-electron chi connectivity index (χ1n) is 8.34. The van der Waals surface area contributed by atoms with Gasteiger partial charge in [0.2, 0.25) is 0 Å². The van der Waals surface area contributed by atoms with E-state index in [1.807, 2.05) is 18.2 Å². The van der Waals surface area contributed by atoms with Crippen LogP contribution in [0, 0.1) is 5.92 Å². The van der Waals surface area contributed by atoms with E-state index in [4.69, 9.17) is 11.6 Å². The molecule has 0 amide bonds. The van der Waals surface area contributed by atoms with Crippen LogP contribution in [0.4, 0.5) is 0 Å². The normalized spacial score (nSPS) is 19.5. The van der Waals surface area contributed by atoms with Crippen LogP contribution in [0.25, 0.3) is 0 Å². The maximum Gasteiger partial charge on any atom is 0.0870 e. The molecule has 3 nitrogen and oxygen atoms in total. The van der Waals surface area contributed by atoms with Gasteiger partial charge in [0.25, 0.3) is 0 Å². The van der Waals surface area contributed by atoms with Crippen molar-refractivity contribution in [3.63, 3.8) is 0 Å². The molecule has 2 aromatic carbocycles. The largest absolute Gasteiger partial charge is 0.412 e. The molecule has 2 aromatic rings. The van der Waals surface area contributed by atoms with Gasteiger partial charge < -0.3 is 15.5 Å². The fourth-order valence-corrected chi connectivity index (χ4v) is 4.95. The molecule has 3 N–H and O–H groups in total. The molecule has 0 radical (unpaired) electrons. The van der Waals surface area contributed by atoms with Gasteiger partial charge in [-0.25, -0.2) is 0 Å². The second-order valence-corrected chi connectivity index (χ2v) is 8.50. The third kappa shape index (κ3) is 5.16. The van der Waals surface area contributed by atoms with Crippen molar-refractivity contribution < 1.29 is 10.6 Å². The van der Waals surface area contributed by atoms with Crippen molar-refractivity contribution in [1.29, 1.82) is 0 Å². The first kappa shape index (κ1) is 23.3. The SMILES string of the molecule is CC(C[C@H]1c2ccccc2Sc2ccc(Cl)cc2[C@H]1O)CN(C)C.Cl.O. The number of hydrogen-bond donors (Lipinski definition) is 1. The number of nitrogens with zero attached hydrogens (tertiary/aromatic N) is 1. The standard InChI is InChI=1S/C20H24ClNOS.ClH.H2O/c1-13(12-22(2)3)10-16-15-6-4-5-7-18(15)24-19-9-8-14(21)11-17(19)20(16)23;;/h4-9,11,13,16,20,23H,10,12H2,1-3H3;1H;1H2/t13?,16-,20-;;/m0../s1. The van der Waals surface area contributed by atoms with Gasteiger partial charge >= 0.3 is 0 Å². The van der Waals surface area contributed by atoms with Gasteiger partial charge in [-0.05, 0) is 61.8 Å². The smallest absolute Gasteiger partial charge is 0.0870 e. The van der Waals surface area contributed by atoms with Crippen molar-refractivity contribution in [3.05, 3.63) is 58.6 Å². The first-order valence-corrected chi connectivity index (χ1v) is 9.54. The summed E-state index contributed by atoms with van der Waals surface area (Å²) in [5, 5.41) is 11.8. The van der Waals surface area contributed by atoms with E-state index in [-0.39, 0.29) is 23.8 Å². The molecule has 3 rings (SSSR count). The van der Waals surface area contributed by atoms with Gasteiger partial charge in [0, 0.05) is 27.3 Å². The quantitative estimate of drug-likeness (QED) is 0.779. The molecule has 0 saturated carbocycles. The average Bonchev–Trinajstić information content (AvgIpc) is 2.63. The van der Waals surface area contributed by atoms with Crippen molar-refractivity contribution in [2.24, 2.45) is 5.92 Å². The number of hydrogen-bond acceptors (Lipinski definition) is 3. The Hall–Kier alpha value is -0.750. The van der Waals surface area contributed by atoms with Crippen LogP contribution in [-0.4, -0.2) is 36.1 Å². The number of rotatable bonds is 4. The highest BCUT2D eigenvalue weighted by molar-refractivity contribution is 7.99. The lowest BCUT2D eigenvalue weighted by Gasteiger charge is -2.27. The van der Waals surface area contributed by atoms with E-state index in [0.717, 1.165) is 23.4 Å². The minimum absolute atomic E-state index is 0. The summed E-state index contributed by atoms with van der Waals surface area (Å²) in [7, 11) is 4.19. The number of aliphatic hydroxyl groups is 1. The molecule has 0 bridgehead atoms. The molecule has 1 aliphatic rings. The van der Waals surface area contributed by atoms with Crippen LogP contribution in [0.3, 0.4) is 0 Å². The molecular formula is C20H27Cl2NO2S. The van der Waals surface area contributed by atoms with E-state index in [0.29, 0.717) is 10.9 Å². The second-order valence-electron chi connectivity index (χ2n) is 6.98. The predicted molar refractivity (Wildman–Crippen MR) is 113 cm³/mol. The van der Waals surface area contributed by atoms with Gasteiger partial charge in [0.05, 0.1) is 6.10 Å². The third-order valence-corrected chi connectivity index (χ3v) is 5.96. The van der Waals surface area contributed by atoms with Crippen LogP contribution < -0.4 is 0 Å². The minimum atomic E-state index is -0.528. The van der Waals surface area contributed by atoms with Crippen molar-refractivity contribution in [3.8, 4) is 0 Å². The molecule has 0 fully saturated rings. The van der Waals surface area contributed by atoms with Crippen LogP contribution in [0.1, 0.15) is 36.5 Å². The van der Waals surface area contributed by atoms with Crippen LogP contribution in [0.5, 0.6) is 0 Å². The topological polar surface area (TPSA) is 55.0 Å². The lowest BCUT2D eigenvalue weighted by Crippen LogP contribution is -2.23. The Bertz CT molecular complexity index is 727. The average molecular weight is 416 g/mol. The van der Waals surface area contributed by atoms with E-state index in [9.17, 15) is 5.11 Å². The Morgan fingerprint density at radius 1 is 1.12 bits per heavy atom. The Morgan fingerprint density at radius 3 is 2.46 bits per heavy atom. The molecule has 6 heteroatoms. The summed E-state index contributed by atoms with van der Waals surface area (Å²) in [6, 6.07) is 14.3. The summed E-state index contributed by atoms with van der Waals surface area (Å²) < 4.78 is 0. The van der Waals surface area contributed by atoms with E-state index >= 15 is 0 Å². The lowest BCUT2D eigenvalue weighted by atomic mass is 9.82. The number of fused-ring (bicyclic) bond motifs is 2. The summed E-state index contributed by atoms with van der Waals surface area (Å²) in [6.45, 7) is 3.27. The molecule has 144 valence electrons. The van der Waals surface area contributed by atoms with Crippen LogP contribution >= 0.6 is 35.8 Å². The van der Waals surface area contributed by atoms with Gasteiger partial charge in [0.15, 0.2) is 0 Å². The molecule has 1 aliphatic heterocycles. The fourth-order valence-electron chi connectivity index (χ4n) is 3.62. The van der Waals surface area contributed by atoms with E-state index in [1.54, 1.807) is 11.8 Å². The van der Waals surface area contributed by atoms with Crippen molar-refractivity contribution in [2.75, 3.05) is 20.6 Å². The zero-order valence-electron chi connectivity index (χ0n) is 15.3. The number of benzene rings is 2. The van der Waals surface area contributed by atoms with Gasteiger partial charge in [0.1, 0.15) is 0 Å². The zero-order valence-corrected chi connectivity index (χ0v) is 17.7.